The van der Waals surface area contributed by atoms with Crippen LogP contribution in [-0.2, 0) is 11.3 Å². The van der Waals surface area contributed by atoms with Gasteiger partial charge in [-0.3, -0.25) is 4.79 Å². The van der Waals surface area contributed by atoms with Gasteiger partial charge >= 0.3 is 6.03 Å². The molecule has 0 radical (unpaired) electrons. The van der Waals surface area contributed by atoms with Gasteiger partial charge < -0.3 is 16.4 Å². The molecular weight excluding hydrogens is 317 g/mol. The van der Waals surface area contributed by atoms with Crippen LogP contribution in [0.1, 0.15) is 28.5 Å². The Morgan fingerprint density at radius 1 is 1.35 bits per heavy atom. The number of carbonyl (C=O) groups is 2. The molecule has 0 aliphatic rings. The van der Waals surface area contributed by atoms with Crippen LogP contribution in [-0.4, -0.2) is 11.9 Å². The summed E-state index contributed by atoms with van der Waals surface area (Å²) in [4.78, 5) is 24.0. The molecule has 3 amide bonds. The molecule has 0 saturated carbocycles. The predicted octanol–water partition coefficient (Wildman–Crippen LogP) is 2.61. The zero-order valence-corrected chi connectivity index (χ0v) is 13.5. The SMILES string of the molecule is Cc1cc(CNC(=O)C[C@H](NC(N)=O)c2cccs2)ccc1F. The van der Waals surface area contributed by atoms with E-state index >= 15 is 0 Å². The van der Waals surface area contributed by atoms with E-state index in [0.717, 1.165) is 10.4 Å². The number of thiophene rings is 1. The first-order valence-corrected chi connectivity index (χ1v) is 7.95. The first-order valence-electron chi connectivity index (χ1n) is 7.07. The highest BCUT2D eigenvalue weighted by molar-refractivity contribution is 7.10. The fourth-order valence-electron chi connectivity index (χ4n) is 2.16. The van der Waals surface area contributed by atoms with Crippen LogP contribution in [0.4, 0.5) is 9.18 Å². The highest BCUT2D eigenvalue weighted by Crippen LogP contribution is 2.21. The molecule has 2 aromatic rings. The third-order valence-corrected chi connectivity index (χ3v) is 4.29. The maximum atomic E-state index is 13.2. The third kappa shape index (κ3) is 5.07. The van der Waals surface area contributed by atoms with Crippen molar-refractivity contribution in [2.24, 2.45) is 5.73 Å². The lowest BCUT2D eigenvalue weighted by Crippen LogP contribution is -2.36. The van der Waals surface area contributed by atoms with E-state index in [1.807, 2.05) is 17.5 Å². The Hall–Kier alpha value is -2.41. The standard InChI is InChI=1S/C16H18FN3O2S/c1-10-7-11(4-5-12(10)17)9-19-15(21)8-13(20-16(18)22)14-3-2-6-23-14/h2-7,13H,8-9H2,1H3,(H,19,21)(H3,18,20,22)/t13-/m0/s1. The van der Waals surface area contributed by atoms with Gasteiger partial charge in [0.2, 0.25) is 5.91 Å². The molecule has 1 aromatic carbocycles. The van der Waals surface area contributed by atoms with E-state index < -0.39 is 12.1 Å². The Labute approximate surface area is 137 Å². The van der Waals surface area contributed by atoms with E-state index in [0.29, 0.717) is 12.1 Å². The second-order valence-corrected chi connectivity index (χ2v) is 6.12. The van der Waals surface area contributed by atoms with E-state index in [9.17, 15) is 14.0 Å². The van der Waals surface area contributed by atoms with E-state index in [2.05, 4.69) is 10.6 Å². The van der Waals surface area contributed by atoms with Crippen LogP contribution in [0, 0.1) is 12.7 Å². The summed E-state index contributed by atoms with van der Waals surface area (Å²) in [5, 5.41) is 7.19. The van der Waals surface area contributed by atoms with Gasteiger partial charge in [-0.05, 0) is 35.6 Å². The van der Waals surface area contributed by atoms with Gasteiger partial charge in [0.05, 0.1) is 12.5 Å². The molecule has 0 fully saturated rings. The Balaban J connectivity index is 1.93. The Morgan fingerprint density at radius 3 is 2.74 bits per heavy atom. The van der Waals surface area contributed by atoms with Crippen molar-refractivity contribution < 1.29 is 14.0 Å². The summed E-state index contributed by atoms with van der Waals surface area (Å²) < 4.78 is 13.2. The van der Waals surface area contributed by atoms with Gasteiger partial charge in [-0.1, -0.05) is 18.2 Å². The molecule has 1 heterocycles. The lowest BCUT2D eigenvalue weighted by molar-refractivity contribution is -0.121. The highest BCUT2D eigenvalue weighted by atomic mass is 32.1. The number of halogens is 1. The number of urea groups is 1. The molecule has 0 aliphatic carbocycles. The largest absolute Gasteiger partial charge is 0.352 e. The number of benzene rings is 1. The van der Waals surface area contributed by atoms with Crippen molar-refractivity contribution in [1.82, 2.24) is 10.6 Å². The summed E-state index contributed by atoms with van der Waals surface area (Å²) in [6.07, 6.45) is 0.0869. The molecule has 4 N–H and O–H groups in total. The van der Waals surface area contributed by atoms with Crippen molar-refractivity contribution in [3.63, 3.8) is 0 Å². The smallest absolute Gasteiger partial charge is 0.312 e. The van der Waals surface area contributed by atoms with E-state index in [4.69, 9.17) is 5.73 Å². The van der Waals surface area contributed by atoms with Crippen LogP contribution in [0.25, 0.3) is 0 Å². The van der Waals surface area contributed by atoms with Gasteiger partial charge in [0.25, 0.3) is 0 Å². The van der Waals surface area contributed by atoms with E-state index in [1.165, 1.54) is 17.4 Å². The van der Waals surface area contributed by atoms with Gasteiger partial charge in [-0.25, -0.2) is 9.18 Å². The van der Waals surface area contributed by atoms with Gasteiger partial charge in [0.15, 0.2) is 0 Å². The number of hydrogen-bond acceptors (Lipinski definition) is 3. The van der Waals surface area contributed by atoms with Crippen molar-refractivity contribution in [3.05, 3.63) is 57.5 Å². The van der Waals surface area contributed by atoms with Gasteiger partial charge in [0.1, 0.15) is 5.82 Å². The summed E-state index contributed by atoms with van der Waals surface area (Å²) in [6, 6.07) is 7.24. The highest BCUT2D eigenvalue weighted by Gasteiger charge is 2.18. The zero-order valence-electron chi connectivity index (χ0n) is 12.6. The number of hydrogen-bond donors (Lipinski definition) is 3. The average molecular weight is 335 g/mol. The number of amides is 3. The average Bonchev–Trinajstić information content (AvgIpc) is 3.01. The molecule has 23 heavy (non-hydrogen) atoms. The lowest BCUT2D eigenvalue weighted by Gasteiger charge is -2.16. The predicted molar refractivity (Wildman–Crippen MR) is 87.4 cm³/mol. The normalized spacial score (nSPS) is 11.7. The van der Waals surface area contributed by atoms with Crippen molar-refractivity contribution >= 4 is 23.3 Å². The fraction of sp³-hybridized carbons (Fsp3) is 0.250. The molecular formula is C16H18FN3O2S. The van der Waals surface area contributed by atoms with Gasteiger partial charge in [-0.15, -0.1) is 11.3 Å². The number of rotatable bonds is 6. The summed E-state index contributed by atoms with van der Waals surface area (Å²) in [5.41, 5.74) is 6.50. The second kappa shape index (κ2) is 7.73. The summed E-state index contributed by atoms with van der Waals surface area (Å²) in [6.45, 7) is 1.97. The zero-order chi connectivity index (χ0) is 16.8. The van der Waals surface area contributed by atoms with Crippen molar-refractivity contribution in [2.45, 2.75) is 25.9 Å². The summed E-state index contributed by atoms with van der Waals surface area (Å²) in [7, 11) is 0. The molecule has 7 heteroatoms. The number of nitrogens with two attached hydrogens (primary N) is 1. The maximum absolute atomic E-state index is 13.2. The molecule has 0 saturated heterocycles. The van der Waals surface area contributed by atoms with Crippen LogP contribution in [0.5, 0.6) is 0 Å². The number of aryl methyl sites for hydroxylation is 1. The number of primary amides is 1. The van der Waals surface area contributed by atoms with E-state index in [1.54, 1.807) is 19.1 Å². The Bertz CT molecular complexity index is 689. The molecule has 1 atom stereocenters. The molecule has 1 aromatic heterocycles. The van der Waals surface area contributed by atoms with Crippen molar-refractivity contribution in [2.75, 3.05) is 0 Å². The van der Waals surface area contributed by atoms with Gasteiger partial charge in [0, 0.05) is 11.4 Å². The van der Waals surface area contributed by atoms with Crippen LogP contribution in [0.2, 0.25) is 0 Å². The quantitative estimate of drug-likeness (QED) is 0.758. The van der Waals surface area contributed by atoms with Crippen LogP contribution in [0.15, 0.2) is 35.7 Å². The summed E-state index contributed by atoms with van der Waals surface area (Å²) >= 11 is 1.44. The van der Waals surface area contributed by atoms with Crippen molar-refractivity contribution in [3.8, 4) is 0 Å². The van der Waals surface area contributed by atoms with Crippen LogP contribution >= 0.6 is 11.3 Å². The third-order valence-electron chi connectivity index (χ3n) is 3.30. The Kier molecular flexibility index (Phi) is 5.70. The minimum atomic E-state index is -0.676. The fourth-order valence-corrected chi connectivity index (χ4v) is 2.94. The lowest BCUT2D eigenvalue weighted by atomic mass is 10.1. The number of nitrogens with one attached hydrogen (secondary N) is 2. The second-order valence-electron chi connectivity index (χ2n) is 5.14. The first kappa shape index (κ1) is 17.0. The molecule has 0 spiro atoms. The minimum absolute atomic E-state index is 0.0869. The molecule has 122 valence electrons. The van der Waals surface area contributed by atoms with Crippen LogP contribution < -0.4 is 16.4 Å². The molecule has 0 aliphatic heterocycles. The topological polar surface area (TPSA) is 84.2 Å². The molecule has 5 nitrogen and oxygen atoms in total. The minimum Gasteiger partial charge on any atom is -0.352 e. The van der Waals surface area contributed by atoms with E-state index in [-0.39, 0.29) is 18.1 Å². The van der Waals surface area contributed by atoms with Crippen molar-refractivity contribution in [1.29, 1.82) is 0 Å². The molecule has 0 unspecified atom stereocenters. The number of carbonyl (C=O) groups excluding carboxylic acids is 2. The Morgan fingerprint density at radius 2 is 2.13 bits per heavy atom. The van der Waals surface area contributed by atoms with Gasteiger partial charge in [-0.2, -0.15) is 0 Å². The summed E-state index contributed by atoms with van der Waals surface area (Å²) in [5.74, 6) is -0.498. The van der Waals surface area contributed by atoms with Crippen LogP contribution in [0.3, 0.4) is 0 Å². The first-order chi connectivity index (χ1) is 11.0. The maximum Gasteiger partial charge on any atom is 0.312 e. The molecule has 2 rings (SSSR count). The monoisotopic (exact) mass is 335 g/mol. The molecule has 0 bridgehead atoms.